The number of aromatic amines is 2. The van der Waals surface area contributed by atoms with Gasteiger partial charge in [0.05, 0.1) is 34.9 Å². The van der Waals surface area contributed by atoms with Gasteiger partial charge < -0.3 is 10.3 Å². The van der Waals surface area contributed by atoms with Crippen molar-refractivity contribution in [1.29, 1.82) is 5.26 Å². The summed E-state index contributed by atoms with van der Waals surface area (Å²) in [4.78, 5) is 24.1. The zero-order valence-corrected chi connectivity index (χ0v) is 17.5. The predicted octanol–water partition coefficient (Wildman–Crippen LogP) is 4.63. The second-order valence-electron chi connectivity index (χ2n) is 7.86. The minimum absolute atomic E-state index is 0.0646. The van der Waals surface area contributed by atoms with Gasteiger partial charge in [0.2, 0.25) is 5.91 Å². The number of hydrogen-bond donors (Lipinski definition) is 3. The van der Waals surface area contributed by atoms with Crippen molar-refractivity contribution < 1.29 is 4.79 Å². The van der Waals surface area contributed by atoms with Crippen molar-refractivity contribution in [2.75, 3.05) is 5.32 Å². The molecule has 0 aliphatic carbocycles. The molecule has 0 saturated carbocycles. The Kier molecular flexibility index (Phi) is 4.64. The second kappa shape index (κ2) is 7.63. The summed E-state index contributed by atoms with van der Waals surface area (Å²) in [6.07, 6.45) is 5.09. The van der Waals surface area contributed by atoms with Crippen LogP contribution >= 0.6 is 0 Å². The number of fused-ring (bicyclic) bond motifs is 2. The lowest BCUT2D eigenvalue weighted by Crippen LogP contribution is -2.17. The molecule has 8 nitrogen and oxygen atoms in total. The van der Waals surface area contributed by atoms with Crippen molar-refractivity contribution in [3.8, 4) is 28.6 Å². The molecule has 1 amide bonds. The van der Waals surface area contributed by atoms with Crippen LogP contribution in [0.4, 0.5) is 5.69 Å². The van der Waals surface area contributed by atoms with Gasteiger partial charge in [0.25, 0.3) is 0 Å². The fourth-order valence-electron chi connectivity index (χ4n) is 3.60. The Labute approximate surface area is 183 Å². The summed E-state index contributed by atoms with van der Waals surface area (Å²) < 4.78 is 0. The summed E-state index contributed by atoms with van der Waals surface area (Å²) in [6, 6.07) is 13.6. The van der Waals surface area contributed by atoms with Crippen molar-refractivity contribution in [2.24, 2.45) is 5.92 Å². The lowest BCUT2D eigenvalue weighted by Gasteiger charge is -2.09. The number of anilines is 1. The van der Waals surface area contributed by atoms with Gasteiger partial charge in [0.15, 0.2) is 5.65 Å². The van der Waals surface area contributed by atoms with E-state index in [1.807, 2.05) is 44.2 Å². The molecule has 4 aromatic heterocycles. The Morgan fingerprint density at radius 3 is 2.75 bits per heavy atom. The molecule has 0 atom stereocenters. The number of nitriles is 1. The quantitative estimate of drug-likeness (QED) is 0.390. The number of H-pyrrole nitrogens is 2. The standard InChI is InChI=1S/C24H19N7O/c1-13(2)24(32)28-17-6-15(10-26-12-17)16-7-19-22(30-31-23(19)27-11-16)21-8-18-14(9-25)4-3-5-20(18)29-21/h3-8,10-13,29H,1-2H3,(H,28,32)(H,27,30,31). The largest absolute Gasteiger partial charge is 0.353 e. The molecule has 0 aliphatic heterocycles. The minimum atomic E-state index is -0.122. The van der Waals surface area contributed by atoms with Crippen molar-refractivity contribution in [1.82, 2.24) is 25.1 Å². The van der Waals surface area contributed by atoms with Gasteiger partial charge in [-0.15, -0.1) is 0 Å². The van der Waals surface area contributed by atoms with E-state index in [0.717, 1.165) is 38.8 Å². The first-order valence-electron chi connectivity index (χ1n) is 10.2. The van der Waals surface area contributed by atoms with Gasteiger partial charge in [0, 0.05) is 45.7 Å². The van der Waals surface area contributed by atoms with E-state index in [2.05, 4.69) is 36.5 Å². The molecule has 3 N–H and O–H groups in total. The summed E-state index contributed by atoms with van der Waals surface area (Å²) in [5.41, 5.74) is 5.99. The molecule has 32 heavy (non-hydrogen) atoms. The third-order valence-electron chi connectivity index (χ3n) is 5.33. The highest BCUT2D eigenvalue weighted by molar-refractivity contribution is 5.97. The van der Waals surface area contributed by atoms with Crippen LogP contribution in [0.15, 0.2) is 55.0 Å². The van der Waals surface area contributed by atoms with Crippen LogP contribution in [0, 0.1) is 17.2 Å². The topological polar surface area (TPSA) is 123 Å². The van der Waals surface area contributed by atoms with Crippen molar-refractivity contribution in [3.63, 3.8) is 0 Å². The number of amides is 1. The molecule has 0 bridgehead atoms. The van der Waals surface area contributed by atoms with E-state index in [0.29, 0.717) is 16.9 Å². The Morgan fingerprint density at radius 1 is 1.09 bits per heavy atom. The van der Waals surface area contributed by atoms with Crippen molar-refractivity contribution in [2.45, 2.75) is 13.8 Å². The van der Waals surface area contributed by atoms with Crippen LogP contribution in [0.5, 0.6) is 0 Å². The summed E-state index contributed by atoms with van der Waals surface area (Å²) in [6.45, 7) is 3.68. The molecule has 0 radical (unpaired) electrons. The number of nitrogens with zero attached hydrogens (tertiary/aromatic N) is 4. The monoisotopic (exact) mass is 421 g/mol. The Morgan fingerprint density at radius 2 is 1.94 bits per heavy atom. The van der Waals surface area contributed by atoms with Crippen LogP contribution in [0.25, 0.3) is 44.5 Å². The van der Waals surface area contributed by atoms with Crippen LogP contribution in [0.2, 0.25) is 0 Å². The molecule has 8 heteroatoms. The number of carbonyl (C=O) groups is 1. The predicted molar refractivity (Wildman–Crippen MR) is 123 cm³/mol. The molecule has 1 aromatic carbocycles. The van der Waals surface area contributed by atoms with E-state index in [1.165, 1.54) is 0 Å². The SMILES string of the molecule is CC(C)C(=O)Nc1cncc(-c2cnc3n[nH]c(-c4cc5c(C#N)cccc5[nH]4)c3c2)c1. The van der Waals surface area contributed by atoms with E-state index in [1.54, 1.807) is 24.7 Å². The summed E-state index contributed by atoms with van der Waals surface area (Å²) >= 11 is 0. The van der Waals surface area contributed by atoms with Crippen molar-refractivity contribution in [3.05, 3.63) is 60.6 Å². The molecule has 0 spiro atoms. The number of benzene rings is 1. The van der Waals surface area contributed by atoms with Gasteiger partial charge in [-0.05, 0) is 30.3 Å². The fraction of sp³-hybridized carbons (Fsp3) is 0.125. The maximum atomic E-state index is 12.0. The van der Waals surface area contributed by atoms with Crippen LogP contribution in [0.3, 0.4) is 0 Å². The molecule has 156 valence electrons. The maximum Gasteiger partial charge on any atom is 0.226 e. The van der Waals surface area contributed by atoms with E-state index in [9.17, 15) is 10.1 Å². The zero-order valence-electron chi connectivity index (χ0n) is 17.5. The second-order valence-corrected chi connectivity index (χ2v) is 7.86. The lowest BCUT2D eigenvalue weighted by molar-refractivity contribution is -0.118. The molecule has 4 heterocycles. The highest BCUT2D eigenvalue weighted by Gasteiger charge is 2.15. The number of rotatable bonds is 4. The molecule has 0 aliphatic rings. The van der Waals surface area contributed by atoms with E-state index in [-0.39, 0.29) is 11.8 Å². The molecular formula is C24H19N7O. The molecule has 0 saturated heterocycles. The smallest absolute Gasteiger partial charge is 0.226 e. The Hall–Kier alpha value is -4.51. The van der Waals surface area contributed by atoms with E-state index < -0.39 is 0 Å². The highest BCUT2D eigenvalue weighted by Crippen LogP contribution is 2.32. The third kappa shape index (κ3) is 3.36. The van der Waals surface area contributed by atoms with E-state index in [4.69, 9.17) is 0 Å². The Bertz CT molecular complexity index is 1520. The van der Waals surface area contributed by atoms with Crippen LogP contribution < -0.4 is 5.32 Å². The number of carbonyl (C=O) groups excluding carboxylic acids is 1. The number of aromatic nitrogens is 5. The van der Waals surface area contributed by atoms with Crippen LogP contribution in [-0.2, 0) is 4.79 Å². The number of pyridine rings is 2. The molecule has 5 aromatic rings. The van der Waals surface area contributed by atoms with Gasteiger partial charge in [-0.25, -0.2) is 4.98 Å². The lowest BCUT2D eigenvalue weighted by atomic mass is 10.1. The first-order valence-corrected chi connectivity index (χ1v) is 10.2. The average molecular weight is 421 g/mol. The number of hydrogen-bond acceptors (Lipinski definition) is 5. The fourth-order valence-corrected chi connectivity index (χ4v) is 3.60. The normalized spacial score (nSPS) is 11.2. The van der Waals surface area contributed by atoms with Gasteiger partial charge in [-0.1, -0.05) is 19.9 Å². The molecule has 0 fully saturated rings. The van der Waals surface area contributed by atoms with E-state index >= 15 is 0 Å². The first kappa shape index (κ1) is 19.5. The van der Waals surface area contributed by atoms with Gasteiger partial charge in [-0.3, -0.25) is 14.9 Å². The summed E-state index contributed by atoms with van der Waals surface area (Å²) in [7, 11) is 0. The van der Waals surface area contributed by atoms with Gasteiger partial charge in [0.1, 0.15) is 0 Å². The highest BCUT2D eigenvalue weighted by atomic mass is 16.1. The third-order valence-corrected chi connectivity index (χ3v) is 5.33. The first-order chi connectivity index (χ1) is 15.5. The van der Waals surface area contributed by atoms with Gasteiger partial charge >= 0.3 is 0 Å². The maximum absolute atomic E-state index is 12.0. The van der Waals surface area contributed by atoms with Crippen LogP contribution in [0.1, 0.15) is 19.4 Å². The molecular weight excluding hydrogens is 402 g/mol. The average Bonchev–Trinajstić information content (AvgIpc) is 3.42. The van der Waals surface area contributed by atoms with Gasteiger partial charge in [-0.2, -0.15) is 10.4 Å². The summed E-state index contributed by atoms with van der Waals surface area (Å²) in [5.74, 6) is -0.187. The summed E-state index contributed by atoms with van der Waals surface area (Å²) in [5, 5.41) is 21.3. The zero-order chi connectivity index (χ0) is 22.2. The number of nitrogens with one attached hydrogen (secondary N) is 3. The Balaban J connectivity index is 1.57. The van der Waals surface area contributed by atoms with Crippen LogP contribution in [-0.4, -0.2) is 31.1 Å². The molecule has 5 rings (SSSR count). The molecule has 0 unspecified atom stereocenters. The van der Waals surface area contributed by atoms with Crippen molar-refractivity contribution >= 4 is 33.5 Å². The minimum Gasteiger partial charge on any atom is -0.353 e.